The van der Waals surface area contributed by atoms with E-state index < -0.39 is 0 Å². The summed E-state index contributed by atoms with van der Waals surface area (Å²) in [4.78, 5) is 14.8. The SMILES string of the molecule is CCn1cc(C(=O)NCC2CCCCN(Cc3ccccc3)C2)cn1. The average molecular weight is 340 g/mol. The number of carbonyl (C=O) groups is 1. The molecule has 5 nitrogen and oxygen atoms in total. The number of carbonyl (C=O) groups excluding carboxylic acids is 1. The molecule has 0 radical (unpaired) electrons. The van der Waals surface area contributed by atoms with Crippen LogP contribution < -0.4 is 5.32 Å². The minimum absolute atomic E-state index is 0.0152. The summed E-state index contributed by atoms with van der Waals surface area (Å²) >= 11 is 0. The van der Waals surface area contributed by atoms with Crippen molar-refractivity contribution < 1.29 is 4.79 Å². The van der Waals surface area contributed by atoms with Gasteiger partial charge in [0.25, 0.3) is 5.91 Å². The van der Waals surface area contributed by atoms with E-state index in [9.17, 15) is 4.79 Å². The van der Waals surface area contributed by atoms with Crippen molar-refractivity contribution in [2.24, 2.45) is 5.92 Å². The molecule has 1 fully saturated rings. The van der Waals surface area contributed by atoms with E-state index in [1.165, 1.54) is 24.8 Å². The summed E-state index contributed by atoms with van der Waals surface area (Å²) in [6.07, 6.45) is 7.11. The second kappa shape index (κ2) is 8.81. The molecule has 1 aliphatic rings. The number of benzene rings is 1. The minimum atomic E-state index is -0.0152. The van der Waals surface area contributed by atoms with Crippen LogP contribution in [0.3, 0.4) is 0 Å². The molecule has 1 aliphatic heterocycles. The summed E-state index contributed by atoms with van der Waals surface area (Å²) < 4.78 is 1.78. The normalized spacial score (nSPS) is 18.7. The molecule has 5 heteroatoms. The van der Waals surface area contributed by atoms with E-state index in [1.54, 1.807) is 10.9 Å². The van der Waals surface area contributed by atoms with E-state index in [0.29, 0.717) is 11.5 Å². The van der Waals surface area contributed by atoms with Gasteiger partial charge in [0, 0.05) is 32.4 Å². The van der Waals surface area contributed by atoms with E-state index >= 15 is 0 Å². The molecule has 1 atom stereocenters. The standard InChI is InChI=1S/C20H28N4O/c1-2-24-16-19(13-22-24)20(25)21-12-18-10-6-7-11-23(15-18)14-17-8-4-3-5-9-17/h3-5,8-9,13,16,18H,2,6-7,10-12,14-15H2,1H3,(H,21,25). The van der Waals surface area contributed by atoms with Crippen LogP contribution in [0.15, 0.2) is 42.7 Å². The van der Waals surface area contributed by atoms with Gasteiger partial charge < -0.3 is 5.32 Å². The molecule has 2 heterocycles. The lowest BCUT2D eigenvalue weighted by atomic mass is 10.0. The first kappa shape index (κ1) is 17.7. The van der Waals surface area contributed by atoms with Gasteiger partial charge in [-0.3, -0.25) is 14.4 Å². The Morgan fingerprint density at radius 3 is 2.88 bits per heavy atom. The van der Waals surface area contributed by atoms with Crippen molar-refractivity contribution in [2.45, 2.75) is 39.3 Å². The van der Waals surface area contributed by atoms with Crippen molar-refractivity contribution in [3.8, 4) is 0 Å². The number of rotatable bonds is 6. The highest BCUT2D eigenvalue weighted by Gasteiger charge is 2.19. The molecular formula is C20H28N4O. The maximum atomic E-state index is 12.3. The molecule has 1 aromatic heterocycles. The van der Waals surface area contributed by atoms with Crippen molar-refractivity contribution in [2.75, 3.05) is 19.6 Å². The summed E-state index contributed by atoms with van der Waals surface area (Å²) in [5.41, 5.74) is 2.01. The molecule has 134 valence electrons. The first-order valence-corrected chi connectivity index (χ1v) is 9.31. The maximum absolute atomic E-state index is 12.3. The van der Waals surface area contributed by atoms with Crippen LogP contribution in [-0.4, -0.2) is 40.2 Å². The molecule has 0 saturated carbocycles. The predicted octanol–water partition coefficient (Wildman–Crippen LogP) is 2.94. The van der Waals surface area contributed by atoms with Gasteiger partial charge >= 0.3 is 0 Å². The van der Waals surface area contributed by atoms with Crippen molar-refractivity contribution in [1.29, 1.82) is 0 Å². The Bertz CT molecular complexity index is 667. The largest absolute Gasteiger partial charge is 0.352 e. The highest BCUT2D eigenvalue weighted by molar-refractivity contribution is 5.93. The Morgan fingerprint density at radius 2 is 2.12 bits per heavy atom. The van der Waals surface area contributed by atoms with Crippen LogP contribution in [-0.2, 0) is 13.1 Å². The second-order valence-corrected chi connectivity index (χ2v) is 6.88. The van der Waals surface area contributed by atoms with Gasteiger partial charge in [-0.1, -0.05) is 36.8 Å². The number of nitrogens with one attached hydrogen (secondary N) is 1. The van der Waals surface area contributed by atoms with E-state index in [-0.39, 0.29) is 5.91 Å². The van der Waals surface area contributed by atoms with E-state index in [0.717, 1.165) is 32.7 Å². The topological polar surface area (TPSA) is 50.2 Å². The molecule has 25 heavy (non-hydrogen) atoms. The molecule has 2 aromatic rings. The molecule has 1 saturated heterocycles. The Labute approximate surface area is 150 Å². The van der Waals surface area contributed by atoms with Crippen LogP contribution in [0, 0.1) is 5.92 Å². The molecule has 1 unspecified atom stereocenters. The summed E-state index contributed by atoms with van der Waals surface area (Å²) in [6.45, 7) is 6.72. The van der Waals surface area contributed by atoms with Crippen molar-refractivity contribution in [3.63, 3.8) is 0 Å². The number of hydrogen-bond acceptors (Lipinski definition) is 3. The minimum Gasteiger partial charge on any atom is -0.352 e. The van der Waals surface area contributed by atoms with E-state index in [1.807, 2.05) is 13.1 Å². The molecule has 1 amide bonds. The molecular weight excluding hydrogens is 312 g/mol. The lowest BCUT2D eigenvalue weighted by Crippen LogP contribution is -2.35. The number of nitrogens with zero attached hydrogens (tertiary/aromatic N) is 3. The summed E-state index contributed by atoms with van der Waals surface area (Å²) in [5.74, 6) is 0.495. The number of amides is 1. The van der Waals surface area contributed by atoms with Crippen molar-refractivity contribution in [3.05, 3.63) is 53.9 Å². The van der Waals surface area contributed by atoms with Crippen LogP contribution in [0.1, 0.15) is 42.1 Å². The van der Waals surface area contributed by atoms with Gasteiger partial charge in [0.05, 0.1) is 11.8 Å². The van der Waals surface area contributed by atoms with Crippen molar-refractivity contribution in [1.82, 2.24) is 20.0 Å². The van der Waals surface area contributed by atoms with Gasteiger partial charge in [-0.25, -0.2) is 0 Å². The lowest BCUT2D eigenvalue weighted by Gasteiger charge is -2.24. The molecule has 0 spiro atoms. The summed E-state index contributed by atoms with van der Waals surface area (Å²) in [6, 6.07) is 10.6. The number of likely N-dealkylation sites (tertiary alicyclic amines) is 1. The van der Waals surface area contributed by atoms with Crippen LogP contribution in [0.25, 0.3) is 0 Å². The zero-order chi connectivity index (χ0) is 17.5. The zero-order valence-corrected chi connectivity index (χ0v) is 15.0. The van der Waals surface area contributed by atoms with Gasteiger partial charge in [-0.05, 0) is 37.8 Å². The highest BCUT2D eigenvalue weighted by atomic mass is 16.1. The first-order valence-electron chi connectivity index (χ1n) is 9.31. The van der Waals surface area contributed by atoms with Crippen molar-refractivity contribution >= 4 is 5.91 Å². The average Bonchev–Trinajstić information content (AvgIpc) is 3.02. The monoisotopic (exact) mass is 340 g/mol. The zero-order valence-electron chi connectivity index (χ0n) is 15.0. The van der Waals surface area contributed by atoms with Gasteiger partial charge in [-0.2, -0.15) is 5.10 Å². The quantitative estimate of drug-likeness (QED) is 0.880. The van der Waals surface area contributed by atoms with Gasteiger partial charge in [0.2, 0.25) is 0 Å². The number of aryl methyl sites for hydroxylation is 1. The third-order valence-corrected chi connectivity index (χ3v) is 4.87. The predicted molar refractivity (Wildman–Crippen MR) is 99.3 cm³/mol. The van der Waals surface area contributed by atoms with Gasteiger partial charge in [-0.15, -0.1) is 0 Å². The molecule has 0 aliphatic carbocycles. The number of hydrogen-bond donors (Lipinski definition) is 1. The van der Waals surface area contributed by atoms with E-state index in [4.69, 9.17) is 0 Å². The summed E-state index contributed by atoms with van der Waals surface area (Å²) in [7, 11) is 0. The van der Waals surface area contributed by atoms with Crippen LogP contribution in [0.2, 0.25) is 0 Å². The van der Waals surface area contributed by atoms with Crippen LogP contribution in [0.4, 0.5) is 0 Å². The maximum Gasteiger partial charge on any atom is 0.254 e. The summed E-state index contributed by atoms with van der Waals surface area (Å²) in [5, 5.41) is 7.27. The third-order valence-electron chi connectivity index (χ3n) is 4.87. The van der Waals surface area contributed by atoms with Crippen LogP contribution >= 0.6 is 0 Å². The molecule has 1 N–H and O–H groups in total. The fourth-order valence-corrected chi connectivity index (χ4v) is 3.46. The highest BCUT2D eigenvalue weighted by Crippen LogP contribution is 2.18. The fraction of sp³-hybridized carbons (Fsp3) is 0.500. The van der Waals surface area contributed by atoms with E-state index in [2.05, 4.69) is 45.6 Å². The Balaban J connectivity index is 1.51. The first-order chi connectivity index (χ1) is 12.2. The Morgan fingerprint density at radius 1 is 1.28 bits per heavy atom. The Hall–Kier alpha value is -2.14. The third kappa shape index (κ3) is 5.16. The molecule has 1 aromatic carbocycles. The van der Waals surface area contributed by atoms with Crippen LogP contribution in [0.5, 0.6) is 0 Å². The number of aromatic nitrogens is 2. The fourth-order valence-electron chi connectivity index (χ4n) is 3.46. The Kier molecular flexibility index (Phi) is 6.23. The molecule has 0 bridgehead atoms. The van der Waals surface area contributed by atoms with Gasteiger partial charge in [0.1, 0.15) is 0 Å². The second-order valence-electron chi connectivity index (χ2n) is 6.88. The molecule has 3 rings (SSSR count). The smallest absolute Gasteiger partial charge is 0.254 e. The lowest BCUT2D eigenvalue weighted by molar-refractivity contribution is 0.0942. The van der Waals surface area contributed by atoms with Gasteiger partial charge in [0.15, 0.2) is 0 Å².